The lowest BCUT2D eigenvalue weighted by molar-refractivity contribution is -0.205. The van der Waals surface area contributed by atoms with Crippen LogP contribution in [0.2, 0.25) is 18.1 Å². The van der Waals surface area contributed by atoms with Crippen LogP contribution in [0.5, 0.6) is 0 Å². The van der Waals surface area contributed by atoms with Gasteiger partial charge in [0.2, 0.25) is 0 Å². The topological polar surface area (TPSA) is 71.1 Å². The van der Waals surface area contributed by atoms with Gasteiger partial charge in [0.15, 0.2) is 20.5 Å². The molecule has 1 heterocycles. The third-order valence-corrected chi connectivity index (χ3v) is 11.9. The predicted molar refractivity (Wildman–Crippen MR) is 135 cm³/mol. The molecule has 0 saturated carbocycles. The van der Waals surface area contributed by atoms with Gasteiger partial charge in [-0.05, 0) is 37.2 Å². The molecule has 1 aliphatic heterocycles. The molecule has 1 saturated heterocycles. The Kier molecular flexibility index (Phi) is 9.89. The van der Waals surface area contributed by atoms with E-state index in [1.807, 2.05) is 26.8 Å². The molecule has 0 aromatic heterocycles. The van der Waals surface area contributed by atoms with E-state index in [0.717, 1.165) is 0 Å². The number of carbonyl (C=O) groups excluding carboxylic acids is 2. The van der Waals surface area contributed by atoms with Gasteiger partial charge in [-0.25, -0.2) is 4.79 Å². The highest BCUT2D eigenvalue weighted by atomic mass is 35.5. The van der Waals surface area contributed by atoms with Crippen molar-refractivity contribution >= 4 is 43.6 Å². The maximum Gasteiger partial charge on any atom is 0.338 e. The number of hydrogen-bond acceptors (Lipinski definition) is 7. The fraction of sp³-hybridized carbons (Fsp3) is 0.667. The van der Waals surface area contributed by atoms with Crippen LogP contribution >= 0.6 is 23.4 Å². The summed E-state index contributed by atoms with van der Waals surface area (Å²) in [6.45, 7) is 16.6. The zero-order chi connectivity index (χ0) is 25.0. The summed E-state index contributed by atoms with van der Waals surface area (Å²) < 4.78 is 24.8. The van der Waals surface area contributed by atoms with Gasteiger partial charge < -0.3 is 18.6 Å². The Morgan fingerprint density at radius 3 is 2.21 bits per heavy atom. The van der Waals surface area contributed by atoms with Crippen LogP contribution in [0.15, 0.2) is 30.3 Å². The van der Waals surface area contributed by atoms with Gasteiger partial charge in [0.25, 0.3) is 0 Å². The van der Waals surface area contributed by atoms with Gasteiger partial charge in [0, 0.05) is 5.25 Å². The summed E-state index contributed by atoms with van der Waals surface area (Å²) in [5, 5.41) is 0.112. The molecule has 0 spiro atoms. The molecule has 0 bridgehead atoms. The molecule has 186 valence electrons. The van der Waals surface area contributed by atoms with Gasteiger partial charge >= 0.3 is 11.9 Å². The lowest BCUT2D eigenvalue weighted by Crippen LogP contribution is -2.63. The third-order valence-electron chi connectivity index (χ3n) is 6.00. The predicted octanol–water partition coefficient (Wildman–Crippen LogP) is 5.64. The number of rotatable bonds is 8. The third kappa shape index (κ3) is 7.46. The number of ether oxygens (including phenoxy) is 3. The first kappa shape index (κ1) is 28.2. The number of alkyl halides is 1. The number of esters is 2. The Bertz CT molecular complexity index is 798. The lowest BCUT2D eigenvalue weighted by atomic mass is 10.0. The first-order valence-electron chi connectivity index (χ1n) is 11.3. The van der Waals surface area contributed by atoms with E-state index in [-0.39, 0.29) is 16.2 Å². The van der Waals surface area contributed by atoms with Crippen molar-refractivity contribution in [2.45, 2.75) is 94.8 Å². The summed E-state index contributed by atoms with van der Waals surface area (Å²) in [5.74, 6) is -1.32. The van der Waals surface area contributed by atoms with Crippen LogP contribution in [0, 0.1) is 0 Å². The Morgan fingerprint density at radius 2 is 1.70 bits per heavy atom. The Morgan fingerprint density at radius 1 is 1.09 bits per heavy atom. The van der Waals surface area contributed by atoms with Crippen molar-refractivity contribution in [2.75, 3.05) is 5.88 Å². The van der Waals surface area contributed by atoms with Crippen molar-refractivity contribution in [1.29, 1.82) is 0 Å². The summed E-state index contributed by atoms with van der Waals surface area (Å²) in [5.41, 5.74) is -0.0441. The van der Waals surface area contributed by atoms with Gasteiger partial charge in [-0.1, -0.05) is 52.8 Å². The number of carbonyl (C=O) groups is 2. The van der Waals surface area contributed by atoms with Gasteiger partial charge in [-0.15, -0.1) is 23.4 Å². The van der Waals surface area contributed by atoms with Crippen LogP contribution in [0.1, 0.15) is 51.9 Å². The maximum absolute atomic E-state index is 13.0. The number of halogens is 1. The second kappa shape index (κ2) is 11.6. The molecule has 1 aromatic rings. The normalized spacial score (nSPS) is 26.2. The molecular formula is C24H37ClO6SSi. The molecule has 1 fully saturated rings. The molecule has 1 aliphatic rings. The number of benzene rings is 1. The van der Waals surface area contributed by atoms with E-state index in [9.17, 15) is 9.59 Å². The van der Waals surface area contributed by atoms with Crippen molar-refractivity contribution in [2.24, 2.45) is 0 Å². The van der Waals surface area contributed by atoms with Crippen LogP contribution < -0.4 is 0 Å². The average Bonchev–Trinajstić information content (AvgIpc) is 2.72. The van der Waals surface area contributed by atoms with Crippen LogP contribution in [0.4, 0.5) is 0 Å². The van der Waals surface area contributed by atoms with Gasteiger partial charge in [0.1, 0.15) is 17.4 Å². The highest BCUT2D eigenvalue weighted by Gasteiger charge is 2.53. The summed E-state index contributed by atoms with van der Waals surface area (Å²) >= 11 is 7.31. The van der Waals surface area contributed by atoms with Gasteiger partial charge in [0.05, 0.1) is 11.7 Å². The smallest absolute Gasteiger partial charge is 0.338 e. The number of thioether (sulfide) groups is 1. The van der Waals surface area contributed by atoms with Crippen molar-refractivity contribution in [3.63, 3.8) is 0 Å². The molecule has 2 rings (SSSR count). The minimum atomic E-state index is -2.35. The Hall–Kier alpha value is -1.06. The summed E-state index contributed by atoms with van der Waals surface area (Å²) in [4.78, 5) is 25.2. The molecule has 33 heavy (non-hydrogen) atoms. The van der Waals surface area contributed by atoms with Gasteiger partial charge in [-0.3, -0.25) is 4.79 Å². The summed E-state index contributed by atoms with van der Waals surface area (Å²) in [6, 6.07) is 8.79. The van der Waals surface area contributed by atoms with Gasteiger partial charge in [-0.2, -0.15) is 0 Å². The zero-order valence-corrected chi connectivity index (χ0v) is 23.4. The molecule has 0 aliphatic carbocycles. The van der Waals surface area contributed by atoms with Crippen molar-refractivity contribution in [1.82, 2.24) is 0 Å². The zero-order valence-electron chi connectivity index (χ0n) is 20.8. The molecule has 9 heteroatoms. The fourth-order valence-corrected chi connectivity index (χ4v) is 5.75. The van der Waals surface area contributed by atoms with Crippen LogP contribution in [-0.4, -0.2) is 61.2 Å². The van der Waals surface area contributed by atoms with E-state index in [1.165, 1.54) is 0 Å². The van der Waals surface area contributed by atoms with E-state index >= 15 is 0 Å². The quantitative estimate of drug-likeness (QED) is 0.251. The Balaban J connectivity index is 2.47. The molecule has 6 nitrogen and oxygen atoms in total. The number of hydrogen-bond donors (Lipinski definition) is 0. The SMILES string of the molecule is CC(C)S[C@@H]1O[C@@H](C)[C@H](OC(=O)c2ccccc2)[C@@H](O[Si](C)(C)C(C)(C)C)[C@H]1OC(=O)CCl. The molecule has 0 N–H and O–H groups in total. The molecular weight excluding hydrogens is 480 g/mol. The highest BCUT2D eigenvalue weighted by molar-refractivity contribution is 8.00. The van der Waals surface area contributed by atoms with Crippen LogP contribution in [0.3, 0.4) is 0 Å². The van der Waals surface area contributed by atoms with E-state index in [4.69, 9.17) is 30.2 Å². The molecule has 0 amide bonds. The summed E-state index contributed by atoms with van der Waals surface area (Å²) in [7, 11) is -2.35. The highest BCUT2D eigenvalue weighted by Crippen LogP contribution is 2.42. The Labute approximate surface area is 208 Å². The van der Waals surface area contributed by atoms with Crippen LogP contribution in [0.25, 0.3) is 0 Å². The largest absolute Gasteiger partial charge is 0.455 e. The van der Waals surface area contributed by atoms with Crippen LogP contribution in [-0.2, 0) is 23.4 Å². The standard InChI is InChI=1S/C24H37ClO6SSi/c1-15(2)32-23-21(29-18(26)14-25)20(31-33(7,8)24(4,5)6)19(16(3)28-23)30-22(27)17-12-10-9-11-13-17/h9-13,15-16,19-21,23H,14H2,1-8H3/t16-,19-,20+,21+,23-/m0/s1. The average molecular weight is 517 g/mol. The maximum atomic E-state index is 13.0. The first-order chi connectivity index (χ1) is 15.3. The van der Waals surface area contributed by atoms with Crippen molar-refractivity contribution < 1.29 is 28.2 Å². The van der Waals surface area contributed by atoms with E-state index in [0.29, 0.717) is 5.56 Å². The second-order valence-electron chi connectivity index (χ2n) is 10.1. The lowest BCUT2D eigenvalue weighted by Gasteiger charge is -2.49. The molecule has 5 atom stereocenters. The minimum Gasteiger partial charge on any atom is -0.455 e. The molecule has 1 aromatic carbocycles. The molecule has 0 radical (unpaired) electrons. The first-order valence-corrected chi connectivity index (χ1v) is 15.7. The monoisotopic (exact) mass is 516 g/mol. The van der Waals surface area contributed by atoms with Crippen molar-refractivity contribution in [3.05, 3.63) is 35.9 Å². The second-order valence-corrected chi connectivity index (χ2v) is 16.8. The molecule has 0 unspecified atom stereocenters. The minimum absolute atomic E-state index is 0.107. The summed E-state index contributed by atoms with van der Waals surface area (Å²) in [6.07, 6.45) is -2.69. The van der Waals surface area contributed by atoms with E-state index in [1.54, 1.807) is 36.0 Å². The van der Waals surface area contributed by atoms with E-state index < -0.39 is 50.1 Å². The van der Waals surface area contributed by atoms with Crippen molar-refractivity contribution in [3.8, 4) is 0 Å². The fourth-order valence-electron chi connectivity index (χ4n) is 3.24. The van der Waals surface area contributed by atoms with E-state index in [2.05, 4.69) is 33.9 Å².